The van der Waals surface area contributed by atoms with E-state index in [4.69, 9.17) is 9.72 Å². The van der Waals surface area contributed by atoms with Crippen LogP contribution in [0.15, 0.2) is 36.3 Å². The van der Waals surface area contributed by atoms with E-state index in [-0.39, 0.29) is 12.5 Å². The summed E-state index contributed by atoms with van der Waals surface area (Å²) < 4.78 is 47.9. The van der Waals surface area contributed by atoms with E-state index < -0.39 is 12.1 Å². The molecule has 0 aromatic carbocycles. The molecule has 10 heteroatoms. The van der Waals surface area contributed by atoms with Crippen molar-refractivity contribution in [3.63, 3.8) is 0 Å². The number of ether oxygens (including phenoxy) is 1. The molecule has 1 saturated carbocycles. The van der Waals surface area contributed by atoms with Crippen LogP contribution in [-0.2, 0) is 4.74 Å². The van der Waals surface area contributed by atoms with Crippen molar-refractivity contribution in [3.05, 3.63) is 53.3 Å². The van der Waals surface area contributed by atoms with Gasteiger partial charge in [0.1, 0.15) is 6.10 Å². The zero-order valence-corrected chi connectivity index (χ0v) is 18.6. The number of aromatic nitrogens is 5. The molecule has 4 heterocycles. The Morgan fingerprint density at radius 3 is 2.76 bits per heavy atom. The molecule has 0 bridgehead atoms. The van der Waals surface area contributed by atoms with Crippen LogP contribution in [0.3, 0.4) is 0 Å². The highest BCUT2D eigenvalue weighted by atomic mass is 19.4. The van der Waals surface area contributed by atoms with Crippen LogP contribution in [0.25, 0.3) is 16.6 Å². The Morgan fingerprint density at radius 1 is 1.15 bits per heavy atom. The lowest BCUT2D eigenvalue weighted by Crippen LogP contribution is -2.39. The molecule has 0 spiro atoms. The fourth-order valence-corrected chi connectivity index (χ4v) is 4.47. The minimum atomic E-state index is -4.31. The van der Waals surface area contributed by atoms with Crippen LogP contribution in [-0.4, -0.2) is 50.6 Å². The third-order valence-corrected chi connectivity index (χ3v) is 6.54. The van der Waals surface area contributed by atoms with Crippen molar-refractivity contribution in [2.75, 3.05) is 24.6 Å². The minimum absolute atomic E-state index is 0.185. The van der Waals surface area contributed by atoms with Gasteiger partial charge in [0.05, 0.1) is 37.0 Å². The first kappa shape index (κ1) is 21.3. The highest BCUT2D eigenvalue weighted by Crippen LogP contribution is 2.40. The van der Waals surface area contributed by atoms with E-state index in [1.165, 1.54) is 0 Å². The van der Waals surface area contributed by atoms with Crippen LogP contribution < -0.4 is 4.90 Å². The number of pyridine rings is 1. The summed E-state index contributed by atoms with van der Waals surface area (Å²) >= 11 is 0. The van der Waals surface area contributed by atoms with Crippen molar-refractivity contribution in [2.45, 2.75) is 44.5 Å². The maximum absolute atomic E-state index is 13.3. The van der Waals surface area contributed by atoms with Gasteiger partial charge >= 0.3 is 6.18 Å². The summed E-state index contributed by atoms with van der Waals surface area (Å²) in [6.07, 6.45) is 2.59. The van der Waals surface area contributed by atoms with Crippen molar-refractivity contribution < 1.29 is 17.9 Å². The second-order valence-corrected chi connectivity index (χ2v) is 9.13. The van der Waals surface area contributed by atoms with Gasteiger partial charge in [0.2, 0.25) is 5.95 Å². The average molecular weight is 468 g/mol. The van der Waals surface area contributed by atoms with E-state index >= 15 is 0 Å². The largest absolute Gasteiger partial charge is 0.396 e. The molecule has 0 N–H and O–H groups in total. The predicted molar refractivity (Wildman–Crippen MR) is 119 cm³/mol. The third-order valence-electron chi connectivity index (χ3n) is 6.54. The van der Waals surface area contributed by atoms with Crippen LogP contribution in [0.4, 0.5) is 19.1 Å². The smallest absolute Gasteiger partial charge is 0.370 e. The lowest BCUT2D eigenvalue weighted by molar-refractivity contribution is -0.158. The van der Waals surface area contributed by atoms with E-state index in [0.29, 0.717) is 54.0 Å². The van der Waals surface area contributed by atoms with Gasteiger partial charge in [-0.15, -0.1) is 5.73 Å². The summed E-state index contributed by atoms with van der Waals surface area (Å²) in [5, 5.41) is 5.09. The van der Waals surface area contributed by atoms with Crippen molar-refractivity contribution >= 4 is 22.6 Å². The number of fused-ring (bicyclic) bond motifs is 1. The SMILES string of the molecule is Cc1ccc2c(C3=C=CC(C(F)(F)F)C3)nc(N3CCO[C@H](c4cnn(C5CC5)c4)C3)nc2n1. The summed E-state index contributed by atoms with van der Waals surface area (Å²) in [5.74, 6) is -1.11. The van der Waals surface area contributed by atoms with Gasteiger partial charge in [-0.1, -0.05) is 0 Å². The van der Waals surface area contributed by atoms with Gasteiger partial charge in [-0.2, -0.15) is 23.3 Å². The molecule has 2 atom stereocenters. The van der Waals surface area contributed by atoms with Crippen LogP contribution in [0.2, 0.25) is 0 Å². The molecule has 6 rings (SSSR count). The maximum atomic E-state index is 13.3. The van der Waals surface area contributed by atoms with E-state index in [9.17, 15) is 13.2 Å². The molecule has 176 valence electrons. The molecular formula is C24H23F3N6O. The molecule has 3 aromatic heterocycles. The van der Waals surface area contributed by atoms with Gasteiger partial charge in [0.15, 0.2) is 5.65 Å². The van der Waals surface area contributed by atoms with Crippen LogP contribution in [0, 0.1) is 12.8 Å². The molecule has 0 radical (unpaired) electrons. The number of hydrogen-bond acceptors (Lipinski definition) is 6. The molecule has 7 nitrogen and oxygen atoms in total. The first-order chi connectivity index (χ1) is 16.3. The van der Waals surface area contributed by atoms with Crippen LogP contribution >= 0.6 is 0 Å². The van der Waals surface area contributed by atoms with Crippen molar-refractivity contribution in [1.29, 1.82) is 0 Å². The topological polar surface area (TPSA) is 69.0 Å². The number of aryl methyl sites for hydroxylation is 1. The second kappa shape index (κ2) is 7.92. The monoisotopic (exact) mass is 468 g/mol. The van der Waals surface area contributed by atoms with E-state index in [1.54, 1.807) is 0 Å². The summed E-state index contributed by atoms with van der Waals surface area (Å²) in [4.78, 5) is 16.0. The van der Waals surface area contributed by atoms with Crippen molar-refractivity contribution in [1.82, 2.24) is 24.7 Å². The Bertz CT molecular complexity index is 1320. The van der Waals surface area contributed by atoms with Gasteiger partial charge in [-0.25, -0.2) is 9.97 Å². The lowest BCUT2D eigenvalue weighted by atomic mass is 10.0. The van der Waals surface area contributed by atoms with Crippen LogP contribution in [0.5, 0.6) is 0 Å². The summed E-state index contributed by atoms with van der Waals surface area (Å²) in [6.45, 7) is 3.44. The zero-order valence-electron chi connectivity index (χ0n) is 18.6. The van der Waals surface area contributed by atoms with Gasteiger partial charge in [0, 0.05) is 35.0 Å². The quantitative estimate of drug-likeness (QED) is 0.523. The Morgan fingerprint density at radius 2 is 2.00 bits per heavy atom. The molecule has 1 unspecified atom stereocenters. The number of alkyl halides is 3. The maximum Gasteiger partial charge on any atom is 0.396 e. The molecule has 1 aliphatic heterocycles. The van der Waals surface area contributed by atoms with Gasteiger partial charge in [-0.3, -0.25) is 4.68 Å². The standard InChI is InChI=1S/C24H23F3N6O/c1-14-2-7-19-21(15-3-4-17(10-15)24(25,26)27)30-23(31-22(19)29-14)32-8-9-34-20(13-32)16-11-28-33(12-16)18-5-6-18/h2,4,7,11-12,17-18,20H,5-6,8-10,13H2,1H3/t17?,20-/m0/s1. The fraction of sp³-hybridized carbons (Fsp3) is 0.458. The third kappa shape index (κ3) is 3.97. The number of allylic oxidation sites excluding steroid dienone is 1. The fourth-order valence-electron chi connectivity index (χ4n) is 4.47. The molecule has 34 heavy (non-hydrogen) atoms. The first-order valence-corrected chi connectivity index (χ1v) is 11.4. The van der Waals surface area contributed by atoms with Crippen molar-refractivity contribution in [2.24, 2.45) is 5.92 Å². The first-order valence-electron chi connectivity index (χ1n) is 11.4. The van der Waals surface area contributed by atoms with Crippen LogP contribution in [0.1, 0.15) is 48.4 Å². The normalized spacial score (nSPS) is 23.1. The minimum Gasteiger partial charge on any atom is -0.370 e. The average Bonchev–Trinajstić information content (AvgIpc) is 3.32. The summed E-state index contributed by atoms with van der Waals surface area (Å²) in [6, 6.07) is 4.13. The molecule has 1 saturated heterocycles. The Kier molecular flexibility index (Phi) is 4.97. The highest BCUT2D eigenvalue weighted by Gasteiger charge is 2.40. The molecule has 2 fully saturated rings. The molecule has 2 aliphatic carbocycles. The van der Waals surface area contributed by atoms with Gasteiger partial charge < -0.3 is 9.64 Å². The number of hydrogen-bond donors (Lipinski definition) is 0. The Balaban J connectivity index is 1.33. The van der Waals surface area contributed by atoms with Crippen molar-refractivity contribution in [3.8, 4) is 0 Å². The molecular weight excluding hydrogens is 445 g/mol. The number of morpholine rings is 1. The predicted octanol–water partition coefficient (Wildman–Crippen LogP) is 4.56. The molecule has 3 aromatic rings. The number of nitrogens with zero attached hydrogens (tertiary/aromatic N) is 6. The van der Waals surface area contributed by atoms with Gasteiger partial charge in [0.25, 0.3) is 0 Å². The number of halogens is 3. The zero-order chi connectivity index (χ0) is 23.4. The van der Waals surface area contributed by atoms with E-state index in [0.717, 1.165) is 30.2 Å². The lowest BCUT2D eigenvalue weighted by Gasteiger charge is -2.32. The summed E-state index contributed by atoms with van der Waals surface area (Å²) in [7, 11) is 0. The molecule has 3 aliphatic rings. The highest BCUT2D eigenvalue weighted by molar-refractivity contribution is 5.89. The number of rotatable bonds is 4. The Labute approximate surface area is 194 Å². The summed E-state index contributed by atoms with van der Waals surface area (Å²) in [5.41, 5.74) is 5.95. The Hall–Kier alpha value is -3.23. The van der Waals surface area contributed by atoms with E-state index in [1.807, 2.05) is 41.0 Å². The number of anilines is 1. The van der Waals surface area contributed by atoms with Gasteiger partial charge in [-0.05, 0) is 44.4 Å². The van der Waals surface area contributed by atoms with E-state index in [2.05, 4.69) is 20.8 Å². The molecule has 0 amide bonds. The second-order valence-electron chi connectivity index (χ2n) is 9.13.